The van der Waals surface area contributed by atoms with Crippen LogP contribution < -0.4 is 5.73 Å². The van der Waals surface area contributed by atoms with Gasteiger partial charge in [0.1, 0.15) is 0 Å². The fraction of sp³-hybridized carbons (Fsp3) is 0.727. The molecule has 1 aromatic heterocycles. The van der Waals surface area contributed by atoms with Crippen LogP contribution in [0.1, 0.15) is 35.9 Å². The summed E-state index contributed by atoms with van der Waals surface area (Å²) < 4.78 is 25.4. The maximum Gasteiger partial charge on any atom is 0.173 e. The fourth-order valence-corrected chi connectivity index (χ4v) is 4.22. The van der Waals surface area contributed by atoms with Gasteiger partial charge in [-0.15, -0.1) is 0 Å². The van der Waals surface area contributed by atoms with Gasteiger partial charge in [0.15, 0.2) is 15.2 Å². The second-order valence-electron chi connectivity index (χ2n) is 4.56. The lowest BCUT2D eigenvalue weighted by atomic mass is 10.1. The summed E-state index contributed by atoms with van der Waals surface area (Å²) in [5.74, 6) is 0.287. The number of hydrogen-bond acceptors (Lipinski definition) is 4. The van der Waals surface area contributed by atoms with Crippen LogP contribution in [0.2, 0.25) is 0 Å². The predicted octanol–water partition coefficient (Wildman–Crippen LogP) is 0.790. The molecule has 1 aliphatic rings. The van der Waals surface area contributed by atoms with Crippen LogP contribution in [0.3, 0.4) is 0 Å². The van der Waals surface area contributed by atoms with Crippen LogP contribution >= 0.6 is 0 Å². The minimum atomic E-state index is -2.99. The second kappa shape index (κ2) is 4.78. The average molecular weight is 257 g/mol. The van der Waals surface area contributed by atoms with Crippen molar-refractivity contribution in [1.29, 1.82) is 0 Å². The quantitative estimate of drug-likeness (QED) is 0.865. The molecule has 1 atom stereocenters. The summed E-state index contributed by atoms with van der Waals surface area (Å²) in [5, 5.41) is 3.79. The smallest absolute Gasteiger partial charge is 0.173 e. The van der Waals surface area contributed by atoms with Gasteiger partial charge in [0.05, 0.1) is 11.9 Å². The third kappa shape index (κ3) is 2.37. The van der Waals surface area contributed by atoms with Crippen LogP contribution in [-0.2, 0) is 16.3 Å². The van der Waals surface area contributed by atoms with Gasteiger partial charge in [-0.25, -0.2) is 8.42 Å². The maximum absolute atomic E-state index is 11.9. The number of sulfone groups is 1. The number of hydrogen-bond donors (Lipinski definition) is 1. The highest BCUT2D eigenvalue weighted by molar-refractivity contribution is 7.91. The van der Waals surface area contributed by atoms with Crippen molar-refractivity contribution in [2.24, 2.45) is 5.73 Å². The maximum atomic E-state index is 11.9. The number of nitrogens with zero attached hydrogens (tertiary/aromatic N) is 2. The molecule has 2 rings (SSSR count). The lowest BCUT2D eigenvalue weighted by Gasteiger charge is -2.12. The number of nitrogens with two attached hydrogens (primary N) is 1. The molecule has 0 saturated carbocycles. The van der Waals surface area contributed by atoms with Gasteiger partial charge in [0.25, 0.3) is 0 Å². The molecular weight excluding hydrogens is 238 g/mol. The van der Waals surface area contributed by atoms with Gasteiger partial charge in [-0.3, -0.25) is 4.68 Å². The molecule has 0 aliphatic carbocycles. The molecule has 17 heavy (non-hydrogen) atoms. The van der Waals surface area contributed by atoms with Crippen LogP contribution in [0.25, 0.3) is 0 Å². The normalized spacial score (nSPS) is 23.1. The van der Waals surface area contributed by atoms with Crippen molar-refractivity contribution in [1.82, 2.24) is 9.78 Å². The third-order valence-electron chi connectivity index (χ3n) is 3.36. The minimum absolute atomic E-state index is 0.287. The van der Waals surface area contributed by atoms with E-state index in [1.165, 1.54) is 0 Å². The van der Waals surface area contributed by atoms with Gasteiger partial charge in [-0.2, -0.15) is 5.10 Å². The first-order chi connectivity index (χ1) is 8.06. The Labute approximate surface area is 102 Å². The molecule has 2 N–H and O–H groups in total. The molecule has 0 bridgehead atoms. The molecule has 0 spiro atoms. The summed E-state index contributed by atoms with van der Waals surface area (Å²) in [5.41, 5.74) is 7.55. The van der Waals surface area contributed by atoms with Crippen molar-refractivity contribution >= 4 is 9.84 Å². The molecule has 2 heterocycles. The first-order valence-electron chi connectivity index (χ1n) is 6.01. The third-order valence-corrected chi connectivity index (χ3v) is 5.49. The molecule has 1 fully saturated rings. The van der Waals surface area contributed by atoms with Gasteiger partial charge in [0.2, 0.25) is 0 Å². The zero-order chi connectivity index (χ0) is 12.5. The van der Waals surface area contributed by atoms with Gasteiger partial charge >= 0.3 is 0 Å². The predicted molar refractivity (Wildman–Crippen MR) is 66.4 cm³/mol. The minimum Gasteiger partial charge on any atom is -0.330 e. The highest BCUT2D eigenvalue weighted by atomic mass is 32.2. The highest BCUT2D eigenvalue weighted by Crippen LogP contribution is 2.30. The van der Waals surface area contributed by atoms with E-state index in [4.69, 9.17) is 5.73 Å². The molecular formula is C11H19N3O2S. The molecule has 0 amide bonds. The van der Waals surface area contributed by atoms with Crippen LogP contribution in [0.5, 0.6) is 0 Å². The lowest BCUT2D eigenvalue weighted by Crippen LogP contribution is -2.18. The van der Waals surface area contributed by atoms with Crippen molar-refractivity contribution in [2.45, 2.75) is 38.0 Å². The van der Waals surface area contributed by atoms with Gasteiger partial charge in [-0.1, -0.05) is 0 Å². The summed E-state index contributed by atoms with van der Waals surface area (Å²) >= 11 is 0. The second-order valence-corrected chi connectivity index (χ2v) is 6.83. The number of aromatic nitrogens is 2. The molecule has 1 unspecified atom stereocenters. The molecule has 0 radical (unpaired) electrons. The van der Waals surface area contributed by atoms with Crippen LogP contribution in [0.4, 0.5) is 0 Å². The Hall–Kier alpha value is -0.880. The van der Waals surface area contributed by atoms with E-state index in [1.54, 1.807) is 10.9 Å². The summed E-state index contributed by atoms with van der Waals surface area (Å²) in [4.78, 5) is 0. The summed E-state index contributed by atoms with van der Waals surface area (Å²) in [6.45, 7) is 2.58. The van der Waals surface area contributed by atoms with Crippen LogP contribution in [0, 0.1) is 6.92 Å². The van der Waals surface area contributed by atoms with Gasteiger partial charge in [-0.05, 0) is 44.7 Å². The van der Waals surface area contributed by atoms with E-state index < -0.39 is 15.2 Å². The zero-order valence-corrected chi connectivity index (χ0v) is 10.9. The average Bonchev–Trinajstić information content (AvgIpc) is 2.79. The zero-order valence-electron chi connectivity index (χ0n) is 10.1. The van der Waals surface area contributed by atoms with Crippen molar-refractivity contribution in [3.8, 4) is 0 Å². The molecule has 1 aromatic rings. The largest absolute Gasteiger partial charge is 0.330 e. The summed E-state index contributed by atoms with van der Waals surface area (Å²) in [7, 11) is -2.99. The first kappa shape index (κ1) is 12.6. The number of rotatable bonds is 4. The first-order valence-corrected chi connectivity index (χ1v) is 7.72. The van der Waals surface area contributed by atoms with E-state index in [-0.39, 0.29) is 5.75 Å². The molecule has 1 saturated heterocycles. The van der Waals surface area contributed by atoms with Crippen molar-refractivity contribution in [3.63, 3.8) is 0 Å². The van der Waals surface area contributed by atoms with E-state index >= 15 is 0 Å². The Kier molecular flexibility index (Phi) is 3.53. The van der Waals surface area contributed by atoms with E-state index in [0.717, 1.165) is 30.5 Å². The molecule has 0 aromatic carbocycles. The van der Waals surface area contributed by atoms with Crippen molar-refractivity contribution in [2.75, 3.05) is 12.3 Å². The Bertz CT molecular complexity index is 493. The Morgan fingerprint density at radius 3 is 2.94 bits per heavy atom. The Morgan fingerprint density at radius 2 is 2.35 bits per heavy atom. The van der Waals surface area contributed by atoms with Crippen LogP contribution in [-0.4, -0.2) is 30.5 Å². The van der Waals surface area contributed by atoms with Crippen LogP contribution in [0.15, 0.2) is 6.20 Å². The SMILES string of the molecule is Cc1c(CCCN)cnn1C1CCCS1(=O)=O. The van der Waals surface area contributed by atoms with Crippen molar-refractivity contribution in [3.05, 3.63) is 17.5 Å². The van der Waals surface area contributed by atoms with E-state index in [0.29, 0.717) is 13.0 Å². The molecule has 5 nitrogen and oxygen atoms in total. The summed E-state index contributed by atoms with van der Waals surface area (Å²) in [6, 6.07) is 0. The van der Waals surface area contributed by atoms with E-state index in [9.17, 15) is 8.42 Å². The molecule has 6 heteroatoms. The van der Waals surface area contributed by atoms with E-state index in [2.05, 4.69) is 5.10 Å². The van der Waals surface area contributed by atoms with E-state index in [1.807, 2.05) is 6.92 Å². The molecule has 96 valence electrons. The monoisotopic (exact) mass is 257 g/mol. The Balaban J connectivity index is 2.25. The number of aryl methyl sites for hydroxylation is 1. The standard InChI is InChI=1S/C11H19N3O2S/c1-9-10(4-2-6-12)8-13-14(9)11-5-3-7-17(11,15)16/h8,11H,2-7,12H2,1H3. The van der Waals surface area contributed by atoms with Gasteiger partial charge in [0, 0.05) is 5.69 Å². The topological polar surface area (TPSA) is 78.0 Å². The highest BCUT2D eigenvalue weighted by Gasteiger charge is 2.34. The van der Waals surface area contributed by atoms with Crippen molar-refractivity contribution < 1.29 is 8.42 Å². The fourth-order valence-electron chi connectivity index (χ4n) is 2.34. The summed E-state index contributed by atoms with van der Waals surface area (Å²) in [6.07, 6.45) is 4.98. The van der Waals surface area contributed by atoms with Gasteiger partial charge < -0.3 is 5.73 Å². The lowest BCUT2D eigenvalue weighted by molar-refractivity contribution is 0.518. The molecule has 1 aliphatic heterocycles. The Morgan fingerprint density at radius 1 is 1.59 bits per heavy atom.